The monoisotopic (exact) mass is 324 g/mol. The van der Waals surface area contributed by atoms with Gasteiger partial charge in [0.05, 0.1) is 0 Å². The van der Waals surface area contributed by atoms with E-state index < -0.39 is 27.8 Å². The van der Waals surface area contributed by atoms with Crippen LogP contribution < -0.4 is 4.72 Å². The van der Waals surface area contributed by atoms with Crippen molar-refractivity contribution in [3.05, 3.63) is 42.2 Å². The van der Waals surface area contributed by atoms with Crippen LogP contribution in [-0.4, -0.2) is 32.7 Å². The Morgan fingerprint density at radius 3 is 2.68 bits per heavy atom. The van der Waals surface area contributed by atoms with Gasteiger partial charge in [0.1, 0.15) is 17.6 Å². The number of hydrogen-bond donors (Lipinski definition) is 1. The molecule has 0 saturated heterocycles. The number of methoxy groups -OCH3 is 1. The van der Waals surface area contributed by atoms with Crippen molar-refractivity contribution in [3.63, 3.8) is 0 Å². The topological polar surface area (TPSA) is 98.5 Å². The fourth-order valence-electron chi connectivity index (χ4n) is 1.69. The zero-order chi connectivity index (χ0) is 16.2. The summed E-state index contributed by atoms with van der Waals surface area (Å²) in [6, 6.07) is 10.7. The highest BCUT2D eigenvalue weighted by Gasteiger charge is 2.22. The van der Waals surface area contributed by atoms with E-state index >= 15 is 0 Å². The second-order valence-electron chi connectivity index (χ2n) is 4.65. The van der Waals surface area contributed by atoms with Crippen molar-refractivity contribution in [2.24, 2.45) is 0 Å². The van der Waals surface area contributed by atoms with E-state index in [0.29, 0.717) is 5.69 Å². The lowest BCUT2D eigenvalue weighted by atomic mass is 10.1. The van der Waals surface area contributed by atoms with E-state index in [4.69, 9.17) is 9.26 Å². The molecule has 2 rings (SSSR count). The first kappa shape index (κ1) is 16.2. The molecular formula is C14H16N2O5S. The van der Waals surface area contributed by atoms with Crippen LogP contribution in [0.4, 0.5) is 0 Å². The highest BCUT2D eigenvalue weighted by molar-refractivity contribution is 7.89. The molecular weight excluding hydrogens is 308 g/mol. The van der Waals surface area contributed by atoms with E-state index in [0.717, 1.165) is 5.56 Å². The standard InChI is InChI=1S/C14H16N2O5S/c1-10(20-2)14(17)16-22(18,19)9-12-8-13(15-21-12)11-6-4-3-5-7-11/h3-8,10H,9H2,1-2H3,(H,16,17). The van der Waals surface area contributed by atoms with E-state index in [9.17, 15) is 13.2 Å². The summed E-state index contributed by atoms with van der Waals surface area (Å²) < 4.78 is 35.5. The number of carbonyl (C=O) groups excluding carboxylic acids is 1. The predicted octanol–water partition coefficient (Wildman–Crippen LogP) is 1.32. The fourth-order valence-corrected chi connectivity index (χ4v) is 2.75. The first-order valence-electron chi connectivity index (χ1n) is 6.49. The summed E-state index contributed by atoms with van der Waals surface area (Å²) in [5.41, 5.74) is 1.34. The van der Waals surface area contributed by atoms with Gasteiger partial charge in [0.2, 0.25) is 10.0 Å². The van der Waals surface area contributed by atoms with Crippen LogP contribution in [0.25, 0.3) is 11.3 Å². The molecule has 0 fully saturated rings. The minimum absolute atomic E-state index is 0.143. The first-order chi connectivity index (χ1) is 10.4. The van der Waals surface area contributed by atoms with Crippen molar-refractivity contribution in [3.8, 4) is 11.3 Å². The molecule has 1 amide bonds. The molecule has 1 aromatic heterocycles. The Morgan fingerprint density at radius 2 is 2.05 bits per heavy atom. The van der Waals surface area contributed by atoms with Crippen LogP contribution >= 0.6 is 0 Å². The second-order valence-corrected chi connectivity index (χ2v) is 6.37. The number of nitrogens with one attached hydrogen (secondary N) is 1. The van der Waals surface area contributed by atoms with Crippen molar-refractivity contribution in [2.45, 2.75) is 18.8 Å². The Hall–Kier alpha value is -2.19. The number of sulfonamides is 1. The van der Waals surface area contributed by atoms with Gasteiger partial charge in [0, 0.05) is 18.7 Å². The molecule has 0 aliphatic heterocycles. The quantitative estimate of drug-likeness (QED) is 0.860. The van der Waals surface area contributed by atoms with Gasteiger partial charge in [-0.1, -0.05) is 35.5 Å². The minimum Gasteiger partial charge on any atom is -0.372 e. The zero-order valence-electron chi connectivity index (χ0n) is 12.1. The normalized spacial score (nSPS) is 12.8. The summed E-state index contributed by atoms with van der Waals surface area (Å²) >= 11 is 0. The second kappa shape index (κ2) is 6.71. The van der Waals surface area contributed by atoms with Crippen LogP contribution in [0.5, 0.6) is 0 Å². The van der Waals surface area contributed by atoms with E-state index in [-0.39, 0.29) is 5.76 Å². The number of rotatable bonds is 6. The Bertz CT molecular complexity index is 740. The SMILES string of the molecule is COC(C)C(=O)NS(=O)(=O)Cc1cc(-c2ccccc2)no1. The van der Waals surface area contributed by atoms with Gasteiger partial charge in [-0.05, 0) is 6.92 Å². The number of nitrogens with zero attached hydrogens (tertiary/aromatic N) is 1. The van der Waals surface area contributed by atoms with Gasteiger partial charge in [-0.2, -0.15) is 0 Å². The molecule has 1 atom stereocenters. The van der Waals surface area contributed by atoms with E-state index in [2.05, 4.69) is 5.16 Å². The highest BCUT2D eigenvalue weighted by atomic mass is 32.2. The number of aromatic nitrogens is 1. The number of hydrogen-bond acceptors (Lipinski definition) is 6. The molecule has 1 heterocycles. The Kier molecular flexibility index (Phi) is 4.94. The summed E-state index contributed by atoms with van der Waals surface area (Å²) in [6.45, 7) is 1.45. The highest BCUT2D eigenvalue weighted by Crippen LogP contribution is 2.19. The largest absolute Gasteiger partial charge is 0.372 e. The summed E-state index contributed by atoms with van der Waals surface area (Å²) in [5, 5.41) is 3.82. The average molecular weight is 324 g/mol. The summed E-state index contributed by atoms with van der Waals surface area (Å²) in [6.07, 6.45) is -0.857. The summed E-state index contributed by atoms with van der Waals surface area (Å²) in [5.74, 6) is -1.07. The lowest BCUT2D eigenvalue weighted by Crippen LogP contribution is -2.38. The number of carbonyl (C=O) groups is 1. The van der Waals surface area contributed by atoms with Crippen molar-refractivity contribution >= 4 is 15.9 Å². The van der Waals surface area contributed by atoms with Gasteiger partial charge in [0.25, 0.3) is 5.91 Å². The maximum atomic E-state index is 11.9. The smallest absolute Gasteiger partial charge is 0.262 e. The van der Waals surface area contributed by atoms with Gasteiger partial charge in [-0.3, -0.25) is 9.52 Å². The lowest BCUT2D eigenvalue weighted by Gasteiger charge is -2.09. The molecule has 22 heavy (non-hydrogen) atoms. The van der Waals surface area contributed by atoms with Crippen molar-refractivity contribution in [1.82, 2.24) is 9.88 Å². The number of benzene rings is 1. The fraction of sp³-hybridized carbons (Fsp3) is 0.286. The van der Waals surface area contributed by atoms with Gasteiger partial charge in [0.15, 0.2) is 5.76 Å². The van der Waals surface area contributed by atoms with Gasteiger partial charge < -0.3 is 9.26 Å². The van der Waals surface area contributed by atoms with E-state index in [1.807, 2.05) is 35.1 Å². The molecule has 8 heteroatoms. The molecule has 0 aliphatic rings. The Morgan fingerprint density at radius 1 is 1.36 bits per heavy atom. The lowest BCUT2D eigenvalue weighted by molar-refractivity contribution is -0.128. The van der Waals surface area contributed by atoms with Crippen LogP contribution in [0.2, 0.25) is 0 Å². The zero-order valence-corrected chi connectivity index (χ0v) is 13.0. The number of amides is 1. The van der Waals surface area contributed by atoms with Crippen LogP contribution in [0.1, 0.15) is 12.7 Å². The summed E-state index contributed by atoms with van der Waals surface area (Å²) in [4.78, 5) is 11.5. The molecule has 0 aliphatic carbocycles. The minimum atomic E-state index is -3.87. The molecule has 0 radical (unpaired) electrons. The van der Waals surface area contributed by atoms with Crippen LogP contribution in [-0.2, 0) is 25.3 Å². The van der Waals surface area contributed by atoms with Gasteiger partial charge >= 0.3 is 0 Å². The van der Waals surface area contributed by atoms with Gasteiger partial charge in [-0.25, -0.2) is 8.42 Å². The van der Waals surface area contributed by atoms with Crippen molar-refractivity contribution < 1.29 is 22.5 Å². The molecule has 7 nitrogen and oxygen atoms in total. The van der Waals surface area contributed by atoms with E-state index in [1.165, 1.54) is 20.1 Å². The third kappa shape index (κ3) is 4.15. The van der Waals surface area contributed by atoms with Crippen LogP contribution in [0, 0.1) is 0 Å². The van der Waals surface area contributed by atoms with Crippen LogP contribution in [0.3, 0.4) is 0 Å². The van der Waals surface area contributed by atoms with Crippen LogP contribution in [0.15, 0.2) is 40.9 Å². The van der Waals surface area contributed by atoms with Crippen molar-refractivity contribution in [2.75, 3.05) is 7.11 Å². The molecule has 2 aromatic rings. The maximum Gasteiger partial charge on any atom is 0.262 e. The molecule has 118 valence electrons. The molecule has 1 unspecified atom stereocenters. The molecule has 0 bridgehead atoms. The molecule has 0 spiro atoms. The van der Waals surface area contributed by atoms with E-state index in [1.54, 1.807) is 0 Å². The number of ether oxygens (including phenoxy) is 1. The molecule has 1 N–H and O–H groups in total. The maximum absolute atomic E-state index is 11.9. The van der Waals surface area contributed by atoms with Gasteiger partial charge in [-0.15, -0.1) is 0 Å². The first-order valence-corrected chi connectivity index (χ1v) is 8.14. The molecule has 0 saturated carbocycles. The Labute approximate surface area is 128 Å². The average Bonchev–Trinajstić information content (AvgIpc) is 2.94. The third-order valence-corrected chi connectivity index (χ3v) is 4.12. The summed E-state index contributed by atoms with van der Waals surface area (Å²) in [7, 11) is -2.55. The predicted molar refractivity (Wildman–Crippen MR) is 79.2 cm³/mol. The third-order valence-electron chi connectivity index (χ3n) is 2.94. The van der Waals surface area contributed by atoms with Crippen molar-refractivity contribution in [1.29, 1.82) is 0 Å². The molecule has 1 aromatic carbocycles. The Balaban J connectivity index is 2.08.